The van der Waals surface area contributed by atoms with Crippen LogP contribution in [-0.2, 0) is 14.1 Å². The normalized spacial score (nSPS) is 16.2. The fourth-order valence-electron chi connectivity index (χ4n) is 1.55. The van der Waals surface area contributed by atoms with E-state index in [0.717, 1.165) is 6.42 Å². The lowest BCUT2D eigenvalue weighted by molar-refractivity contribution is -0.137. The molecule has 1 aliphatic heterocycles. The topological polar surface area (TPSA) is 53.1 Å². The lowest BCUT2D eigenvalue weighted by atomic mass is 10.4. The van der Waals surface area contributed by atoms with Crippen LogP contribution in [0.25, 0.3) is 0 Å². The van der Waals surface area contributed by atoms with Gasteiger partial charge in [0.05, 0.1) is 6.61 Å². The van der Waals surface area contributed by atoms with Crippen molar-refractivity contribution < 1.29 is 14.1 Å². The van der Waals surface area contributed by atoms with Gasteiger partial charge < -0.3 is 4.74 Å². The molecule has 0 spiro atoms. The van der Waals surface area contributed by atoms with Crippen molar-refractivity contribution in [3.63, 3.8) is 0 Å². The summed E-state index contributed by atoms with van der Waals surface area (Å²) in [5.41, 5.74) is 0. The molecule has 0 aliphatic carbocycles. The summed E-state index contributed by atoms with van der Waals surface area (Å²) < 4.78 is 21.8. The summed E-state index contributed by atoms with van der Waals surface area (Å²) in [7, 11) is 8.49. The van der Waals surface area contributed by atoms with Crippen LogP contribution in [0, 0.1) is 0 Å². The molecule has 0 atom stereocenters. The SMILES string of the molecule is CN(C)P(=O)(N(C)C)N(C)C.O=C1CCCO1. The molecule has 0 radical (unpaired) electrons. The first-order chi connectivity index (χ1) is 7.72. The third kappa shape index (κ3) is 4.76. The van der Waals surface area contributed by atoms with Gasteiger partial charge in [-0.3, -0.25) is 9.36 Å². The molecular formula is C10H24N3O3P. The van der Waals surface area contributed by atoms with Crippen LogP contribution in [0.2, 0.25) is 0 Å². The van der Waals surface area contributed by atoms with Crippen molar-refractivity contribution in [2.24, 2.45) is 0 Å². The molecule has 0 saturated carbocycles. The van der Waals surface area contributed by atoms with Gasteiger partial charge in [-0.25, -0.2) is 14.0 Å². The van der Waals surface area contributed by atoms with E-state index in [1.54, 1.807) is 14.0 Å². The number of carbonyl (C=O) groups excluding carboxylic acids is 1. The molecule has 102 valence electrons. The van der Waals surface area contributed by atoms with Gasteiger partial charge in [0.15, 0.2) is 0 Å². The van der Waals surface area contributed by atoms with E-state index in [9.17, 15) is 9.36 Å². The van der Waals surface area contributed by atoms with E-state index in [-0.39, 0.29) is 5.97 Å². The smallest absolute Gasteiger partial charge is 0.305 e. The second kappa shape index (κ2) is 7.11. The Kier molecular flexibility index (Phi) is 6.94. The van der Waals surface area contributed by atoms with Crippen LogP contribution >= 0.6 is 7.59 Å². The minimum atomic E-state index is -2.44. The molecule has 0 aromatic heterocycles. The van der Waals surface area contributed by atoms with Crippen LogP contribution in [0.15, 0.2) is 0 Å². The second-order valence-corrected chi connectivity index (χ2v) is 7.81. The van der Waals surface area contributed by atoms with E-state index in [2.05, 4.69) is 4.74 Å². The van der Waals surface area contributed by atoms with Gasteiger partial charge in [-0.2, -0.15) is 0 Å². The standard InChI is InChI=1S/C6H18N3OP.C4H6O2/c1-7(2)11(10,8(3)4)9(5)6;5-4-2-1-3-6-4/h1-6H3;1-3H2. The quantitative estimate of drug-likeness (QED) is 0.562. The largest absolute Gasteiger partial charge is 0.466 e. The van der Waals surface area contributed by atoms with Crippen LogP contribution in [0.5, 0.6) is 0 Å². The van der Waals surface area contributed by atoms with E-state index in [1.165, 1.54) is 0 Å². The summed E-state index contributed by atoms with van der Waals surface area (Å²) in [6.07, 6.45) is 1.54. The predicted octanol–water partition coefficient (Wildman–Crippen LogP) is 1.10. The molecule has 0 aromatic rings. The number of esters is 1. The first-order valence-corrected chi connectivity index (χ1v) is 7.08. The summed E-state index contributed by atoms with van der Waals surface area (Å²) in [4.78, 5) is 10.0. The maximum absolute atomic E-state index is 12.1. The molecule has 0 unspecified atom stereocenters. The van der Waals surface area contributed by atoms with Crippen molar-refractivity contribution in [3.05, 3.63) is 0 Å². The van der Waals surface area contributed by atoms with Crippen LogP contribution in [0.1, 0.15) is 12.8 Å². The molecule has 1 heterocycles. The molecule has 1 aliphatic rings. The average molecular weight is 265 g/mol. The van der Waals surface area contributed by atoms with Crippen molar-refractivity contribution >= 4 is 13.6 Å². The van der Waals surface area contributed by atoms with Crippen molar-refractivity contribution in [1.29, 1.82) is 0 Å². The number of hydrogen-bond donors (Lipinski definition) is 0. The van der Waals surface area contributed by atoms with Gasteiger partial charge in [0, 0.05) is 6.42 Å². The Bertz CT molecular complexity index is 256. The van der Waals surface area contributed by atoms with Gasteiger partial charge in [-0.15, -0.1) is 0 Å². The fourth-order valence-corrected chi connectivity index (χ4v) is 3.69. The number of ether oxygens (including phenoxy) is 1. The van der Waals surface area contributed by atoms with Gasteiger partial charge >= 0.3 is 5.97 Å². The van der Waals surface area contributed by atoms with Gasteiger partial charge in [0.2, 0.25) is 0 Å². The monoisotopic (exact) mass is 265 g/mol. The van der Waals surface area contributed by atoms with Crippen molar-refractivity contribution in [2.45, 2.75) is 12.8 Å². The zero-order valence-corrected chi connectivity index (χ0v) is 12.5. The van der Waals surface area contributed by atoms with E-state index >= 15 is 0 Å². The third-order valence-corrected chi connectivity index (χ3v) is 5.48. The van der Waals surface area contributed by atoms with E-state index in [1.807, 2.05) is 42.3 Å². The minimum absolute atomic E-state index is 0.0463. The van der Waals surface area contributed by atoms with Crippen LogP contribution in [-0.4, -0.2) is 68.9 Å². The zero-order valence-electron chi connectivity index (χ0n) is 11.6. The second-order valence-electron chi connectivity index (χ2n) is 4.38. The molecule has 0 amide bonds. The summed E-state index contributed by atoms with van der Waals surface area (Å²) in [6.45, 7) is 0.638. The first-order valence-electron chi connectivity index (χ1n) is 5.52. The van der Waals surface area contributed by atoms with Gasteiger partial charge in [0.1, 0.15) is 0 Å². The number of carbonyl (C=O) groups is 1. The van der Waals surface area contributed by atoms with Gasteiger partial charge in [-0.05, 0) is 48.7 Å². The van der Waals surface area contributed by atoms with E-state index in [0.29, 0.717) is 13.0 Å². The average Bonchev–Trinajstić information content (AvgIpc) is 2.67. The maximum atomic E-state index is 12.1. The Hall–Kier alpha value is -0.420. The lowest BCUT2D eigenvalue weighted by Crippen LogP contribution is -2.30. The highest BCUT2D eigenvalue weighted by Crippen LogP contribution is 2.50. The van der Waals surface area contributed by atoms with Crippen molar-refractivity contribution in [3.8, 4) is 0 Å². The van der Waals surface area contributed by atoms with Gasteiger partial charge in [0.25, 0.3) is 7.59 Å². The highest BCUT2D eigenvalue weighted by Gasteiger charge is 2.30. The Labute approximate surface area is 104 Å². The Morgan fingerprint density at radius 2 is 1.41 bits per heavy atom. The molecule has 1 fully saturated rings. The highest BCUT2D eigenvalue weighted by molar-refractivity contribution is 7.56. The van der Waals surface area contributed by atoms with Gasteiger partial charge in [-0.1, -0.05) is 0 Å². The van der Waals surface area contributed by atoms with E-state index in [4.69, 9.17) is 0 Å². The fraction of sp³-hybridized carbons (Fsp3) is 0.900. The summed E-state index contributed by atoms with van der Waals surface area (Å²) in [6, 6.07) is 0. The molecule has 1 rings (SSSR count). The summed E-state index contributed by atoms with van der Waals surface area (Å²) in [5.74, 6) is -0.0463. The summed E-state index contributed by atoms with van der Waals surface area (Å²) >= 11 is 0. The molecule has 0 N–H and O–H groups in total. The Balaban J connectivity index is 0.000000354. The maximum Gasteiger partial charge on any atom is 0.305 e. The van der Waals surface area contributed by atoms with Crippen LogP contribution in [0.3, 0.4) is 0 Å². The third-order valence-electron chi connectivity index (χ3n) is 2.35. The number of cyclic esters (lactones) is 1. The molecule has 7 heteroatoms. The molecule has 0 aromatic carbocycles. The zero-order chi connectivity index (χ0) is 13.6. The Morgan fingerprint density at radius 3 is 1.47 bits per heavy atom. The lowest BCUT2D eigenvalue weighted by Gasteiger charge is -2.34. The molecular weight excluding hydrogens is 241 g/mol. The molecule has 1 saturated heterocycles. The minimum Gasteiger partial charge on any atom is -0.466 e. The van der Waals surface area contributed by atoms with Crippen LogP contribution < -0.4 is 0 Å². The highest BCUT2D eigenvalue weighted by atomic mass is 31.2. The number of rotatable bonds is 3. The molecule has 6 nitrogen and oxygen atoms in total. The first kappa shape index (κ1) is 16.6. The molecule has 0 bridgehead atoms. The van der Waals surface area contributed by atoms with Crippen molar-refractivity contribution in [2.75, 3.05) is 48.9 Å². The van der Waals surface area contributed by atoms with E-state index < -0.39 is 7.59 Å². The number of nitrogens with zero attached hydrogens (tertiary/aromatic N) is 3. The Morgan fingerprint density at radius 1 is 1.00 bits per heavy atom. The van der Waals surface area contributed by atoms with Crippen molar-refractivity contribution in [1.82, 2.24) is 14.0 Å². The van der Waals surface area contributed by atoms with Crippen LogP contribution in [0.4, 0.5) is 0 Å². The molecule has 17 heavy (non-hydrogen) atoms. The predicted molar refractivity (Wildman–Crippen MR) is 68.9 cm³/mol. The summed E-state index contributed by atoms with van der Waals surface area (Å²) in [5, 5.41) is 0. The number of hydrogen-bond acceptors (Lipinski definition) is 3.